The van der Waals surface area contributed by atoms with E-state index in [2.05, 4.69) is 0 Å². The summed E-state index contributed by atoms with van der Waals surface area (Å²) >= 11 is 0. The fourth-order valence-electron chi connectivity index (χ4n) is 1.20. The van der Waals surface area contributed by atoms with Gasteiger partial charge in [-0.05, 0) is 25.0 Å². The van der Waals surface area contributed by atoms with Gasteiger partial charge in [-0.2, -0.15) is 0 Å². The van der Waals surface area contributed by atoms with Crippen molar-refractivity contribution in [2.75, 3.05) is 13.3 Å². The van der Waals surface area contributed by atoms with Gasteiger partial charge in [-0.25, -0.2) is 0 Å². The highest BCUT2D eigenvalue weighted by atomic mass is 35.5. The molecule has 1 aromatic rings. The van der Waals surface area contributed by atoms with Crippen LogP contribution in [-0.4, -0.2) is 24.4 Å². The van der Waals surface area contributed by atoms with Gasteiger partial charge < -0.3 is 15.4 Å². The number of carboxylic acid groups (broad SMARTS) is 1. The molecule has 1 aromatic carbocycles. The van der Waals surface area contributed by atoms with E-state index >= 15 is 0 Å². The van der Waals surface area contributed by atoms with Crippen molar-refractivity contribution < 1.29 is 14.5 Å². The summed E-state index contributed by atoms with van der Waals surface area (Å²) < 4.78 is 11.8. The molecule has 90 valence electrons. The topological polar surface area (TPSA) is 80.4 Å². The Morgan fingerprint density at radius 3 is 2.44 bits per heavy atom. The zero-order valence-electron chi connectivity index (χ0n) is 9.08. The fourth-order valence-corrected chi connectivity index (χ4v) is 2.10. The summed E-state index contributed by atoms with van der Waals surface area (Å²) in [6.45, 7) is 3.27. The summed E-state index contributed by atoms with van der Waals surface area (Å²) in [7, 11) is -2.36. The summed E-state index contributed by atoms with van der Waals surface area (Å²) in [6.07, 6.45) is 0. The van der Waals surface area contributed by atoms with Gasteiger partial charge in [0.1, 0.15) is 13.2 Å². The molecule has 0 radical (unpaired) electrons. The number of benzene rings is 1. The van der Waals surface area contributed by atoms with Crippen LogP contribution in [0.4, 0.5) is 0 Å². The first-order chi connectivity index (χ1) is 6.82. The van der Waals surface area contributed by atoms with Crippen molar-refractivity contribution >= 4 is 30.8 Å². The van der Waals surface area contributed by atoms with E-state index in [0.29, 0.717) is 10.9 Å². The van der Waals surface area contributed by atoms with E-state index in [9.17, 15) is 9.36 Å². The van der Waals surface area contributed by atoms with Gasteiger partial charge in [0.15, 0.2) is 0 Å². The van der Waals surface area contributed by atoms with Gasteiger partial charge in [-0.15, -0.1) is 12.4 Å². The monoisotopic (exact) mass is 263 g/mol. The Bertz CT molecular complexity index is 430. The molecule has 4 nitrogen and oxygen atoms in total. The maximum atomic E-state index is 11.8. The zero-order chi connectivity index (χ0) is 11.6. The van der Waals surface area contributed by atoms with Crippen molar-refractivity contribution in [2.45, 2.75) is 6.04 Å². The summed E-state index contributed by atoms with van der Waals surface area (Å²) in [5, 5.41) is 9.38. The van der Waals surface area contributed by atoms with Gasteiger partial charge in [-0.1, -0.05) is 18.2 Å². The Kier molecular flexibility index (Phi) is 5.20. The summed E-state index contributed by atoms with van der Waals surface area (Å²) in [5.41, 5.74) is 5.94. The smallest absolute Gasteiger partial charge is 0.325 e. The highest BCUT2D eigenvalue weighted by Gasteiger charge is 2.17. The average molecular weight is 264 g/mol. The van der Waals surface area contributed by atoms with Crippen molar-refractivity contribution in [3.8, 4) is 0 Å². The summed E-state index contributed by atoms with van der Waals surface area (Å²) in [4.78, 5) is 10.7. The van der Waals surface area contributed by atoms with Crippen molar-refractivity contribution in [3.63, 3.8) is 0 Å². The first-order valence-electron chi connectivity index (χ1n) is 4.46. The fraction of sp³-hybridized carbons (Fsp3) is 0.300. The molecule has 1 unspecified atom stereocenters. The van der Waals surface area contributed by atoms with E-state index in [4.69, 9.17) is 10.8 Å². The minimum atomic E-state index is -2.36. The van der Waals surface area contributed by atoms with Crippen molar-refractivity contribution in [2.24, 2.45) is 5.73 Å². The van der Waals surface area contributed by atoms with Crippen LogP contribution >= 0.6 is 19.5 Å². The van der Waals surface area contributed by atoms with Crippen LogP contribution in [0.3, 0.4) is 0 Å². The highest BCUT2D eigenvalue weighted by Crippen LogP contribution is 2.34. The maximum Gasteiger partial charge on any atom is 0.325 e. The lowest BCUT2D eigenvalue weighted by molar-refractivity contribution is -0.138. The molecule has 3 N–H and O–H groups in total. The average Bonchev–Trinajstić information content (AvgIpc) is 2.15. The van der Waals surface area contributed by atoms with E-state index in [1.165, 1.54) is 0 Å². The molecule has 0 spiro atoms. The molecule has 0 saturated carbocycles. The molecule has 16 heavy (non-hydrogen) atoms. The molecule has 0 saturated heterocycles. The third-order valence-corrected chi connectivity index (χ3v) is 3.64. The van der Waals surface area contributed by atoms with Gasteiger partial charge in [0.25, 0.3) is 0 Å². The minimum absolute atomic E-state index is 0. The lowest BCUT2D eigenvalue weighted by Crippen LogP contribution is -2.21. The number of rotatable bonds is 3. The lowest BCUT2D eigenvalue weighted by atomic mass is 10.1. The quantitative estimate of drug-likeness (QED) is 0.809. The Labute approximate surface area is 101 Å². The molecule has 0 aromatic heterocycles. The second kappa shape index (κ2) is 5.48. The van der Waals surface area contributed by atoms with Crippen molar-refractivity contribution in [3.05, 3.63) is 29.8 Å². The number of carboxylic acids is 1. The van der Waals surface area contributed by atoms with E-state index in [1.54, 1.807) is 37.6 Å². The van der Waals surface area contributed by atoms with Crippen LogP contribution in [-0.2, 0) is 9.36 Å². The van der Waals surface area contributed by atoms with E-state index in [0.717, 1.165) is 0 Å². The van der Waals surface area contributed by atoms with Crippen LogP contribution in [0, 0.1) is 0 Å². The van der Waals surface area contributed by atoms with Gasteiger partial charge >= 0.3 is 5.97 Å². The Morgan fingerprint density at radius 1 is 1.44 bits per heavy atom. The van der Waals surface area contributed by atoms with Crippen LogP contribution < -0.4 is 11.0 Å². The van der Waals surface area contributed by atoms with Crippen LogP contribution in [0.5, 0.6) is 0 Å². The molecule has 1 atom stereocenters. The number of nitrogens with two attached hydrogens (primary N) is 1. The number of aliphatic carboxylic acids is 1. The first kappa shape index (κ1) is 15.2. The predicted octanol–water partition coefficient (Wildman–Crippen LogP) is 1.44. The largest absolute Gasteiger partial charge is 0.480 e. The number of hydrogen-bond donors (Lipinski definition) is 2. The minimum Gasteiger partial charge on any atom is -0.480 e. The zero-order valence-corrected chi connectivity index (χ0v) is 10.8. The third kappa shape index (κ3) is 3.63. The normalized spacial score (nSPS) is 12.7. The van der Waals surface area contributed by atoms with Crippen LogP contribution in [0.15, 0.2) is 24.3 Å². The molecule has 6 heteroatoms. The van der Waals surface area contributed by atoms with E-state index in [-0.39, 0.29) is 12.4 Å². The lowest BCUT2D eigenvalue weighted by Gasteiger charge is -2.11. The van der Waals surface area contributed by atoms with Crippen molar-refractivity contribution in [1.82, 2.24) is 0 Å². The van der Waals surface area contributed by atoms with Crippen LogP contribution in [0.2, 0.25) is 0 Å². The molecular formula is C10H15ClNO3P. The van der Waals surface area contributed by atoms with Gasteiger partial charge in [-0.3, -0.25) is 4.79 Å². The molecule has 0 aliphatic carbocycles. The van der Waals surface area contributed by atoms with Gasteiger partial charge in [0.05, 0.1) is 0 Å². The Balaban J connectivity index is 0.00000225. The molecule has 0 aliphatic heterocycles. The highest BCUT2D eigenvalue weighted by molar-refractivity contribution is 7.70. The second-order valence-corrected chi connectivity index (χ2v) is 6.98. The second-order valence-electron chi connectivity index (χ2n) is 3.76. The first-order valence-corrected chi connectivity index (χ1v) is 7.06. The Morgan fingerprint density at radius 2 is 2.00 bits per heavy atom. The summed E-state index contributed by atoms with van der Waals surface area (Å²) in [5.74, 6) is -1.09. The molecule has 0 bridgehead atoms. The Hall–Kier alpha value is -0.830. The maximum absolute atomic E-state index is 11.8. The SMILES string of the molecule is CP(C)(=O)c1cccc(C(N)C(=O)O)c1.Cl. The molecule has 0 heterocycles. The van der Waals surface area contributed by atoms with Gasteiger partial charge in [0.2, 0.25) is 0 Å². The van der Waals surface area contributed by atoms with Crippen LogP contribution in [0.1, 0.15) is 11.6 Å². The summed E-state index contributed by atoms with van der Waals surface area (Å²) in [6, 6.07) is 5.56. The van der Waals surface area contributed by atoms with Crippen molar-refractivity contribution in [1.29, 1.82) is 0 Å². The molecule has 1 rings (SSSR count). The molecule has 0 amide bonds. The molecule has 0 aliphatic rings. The number of hydrogen-bond acceptors (Lipinski definition) is 3. The third-order valence-electron chi connectivity index (χ3n) is 2.12. The van der Waals surface area contributed by atoms with E-state index < -0.39 is 19.2 Å². The number of halogens is 1. The standard InChI is InChI=1S/C10H14NO3P.ClH/c1-15(2,14)8-5-3-4-7(6-8)9(11)10(12)13;/h3-6,9H,11H2,1-2H3,(H,12,13);1H. The number of carbonyl (C=O) groups is 1. The predicted molar refractivity (Wildman–Crippen MR) is 67.3 cm³/mol. The van der Waals surface area contributed by atoms with Gasteiger partial charge in [0, 0.05) is 5.30 Å². The van der Waals surface area contributed by atoms with E-state index in [1.807, 2.05) is 0 Å². The van der Waals surface area contributed by atoms with Crippen LogP contribution in [0.25, 0.3) is 0 Å². The molecule has 0 fully saturated rings. The molecular weight excluding hydrogens is 249 g/mol.